The van der Waals surface area contributed by atoms with Crippen molar-refractivity contribution in [2.24, 2.45) is 0 Å². The molecule has 2 heterocycles. The first-order chi connectivity index (χ1) is 11.1. The number of benzene rings is 1. The molecule has 1 aliphatic rings. The molecule has 1 saturated heterocycles. The van der Waals surface area contributed by atoms with Gasteiger partial charge in [0.2, 0.25) is 0 Å². The summed E-state index contributed by atoms with van der Waals surface area (Å²) in [4.78, 5) is 30.4. The zero-order valence-corrected chi connectivity index (χ0v) is 12.9. The van der Waals surface area contributed by atoms with Gasteiger partial charge < -0.3 is 9.80 Å². The zero-order chi connectivity index (χ0) is 16.4. The van der Waals surface area contributed by atoms with Crippen molar-refractivity contribution in [2.45, 2.75) is 0 Å². The summed E-state index contributed by atoms with van der Waals surface area (Å²) < 4.78 is 1.42. The SMILES string of the molecule is O=C(N1CCN(c2ccc(Cl)cc2[N+](=O)[O-])CC1)n1ccnc1. The molecule has 1 aliphatic heterocycles. The maximum absolute atomic E-state index is 12.2. The highest BCUT2D eigenvalue weighted by molar-refractivity contribution is 6.30. The Bertz CT molecular complexity index is 726. The van der Waals surface area contributed by atoms with E-state index in [0.717, 1.165) is 0 Å². The van der Waals surface area contributed by atoms with Gasteiger partial charge >= 0.3 is 6.03 Å². The van der Waals surface area contributed by atoms with Gasteiger partial charge in [0.25, 0.3) is 5.69 Å². The van der Waals surface area contributed by atoms with Crippen LogP contribution in [0.25, 0.3) is 0 Å². The summed E-state index contributed by atoms with van der Waals surface area (Å²) >= 11 is 5.84. The second-order valence-electron chi connectivity index (χ2n) is 5.12. The van der Waals surface area contributed by atoms with Crippen molar-refractivity contribution in [1.82, 2.24) is 14.5 Å². The van der Waals surface area contributed by atoms with E-state index in [2.05, 4.69) is 4.98 Å². The standard InChI is InChI=1S/C14H14ClN5O3/c15-11-1-2-12(13(9-11)20(22)23)17-5-7-18(8-6-17)14(21)19-4-3-16-10-19/h1-4,9-10H,5-8H2. The summed E-state index contributed by atoms with van der Waals surface area (Å²) in [6.45, 7) is 2.00. The number of hydrogen-bond acceptors (Lipinski definition) is 5. The van der Waals surface area contributed by atoms with E-state index in [-0.39, 0.29) is 11.7 Å². The Labute approximate surface area is 137 Å². The number of carbonyl (C=O) groups excluding carboxylic acids is 1. The molecule has 0 atom stereocenters. The first kappa shape index (κ1) is 15.3. The average Bonchev–Trinajstić information content (AvgIpc) is 3.09. The molecule has 1 amide bonds. The van der Waals surface area contributed by atoms with Crippen molar-refractivity contribution in [3.8, 4) is 0 Å². The van der Waals surface area contributed by atoms with Gasteiger partial charge in [0.05, 0.1) is 4.92 Å². The number of carbonyl (C=O) groups is 1. The van der Waals surface area contributed by atoms with E-state index in [0.29, 0.717) is 36.9 Å². The quantitative estimate of drug-likeness (QED) is 0.620. The van der Waals surface area contributed by atoms with Gasteiger partial charge in [-0.2, -0.15) is 0 Å². The number of imidazole rings is 1. The van der Waals surface area contributed by atoms with Crippen molar-refractivity contribution >= 4 is 29.0 Å². The van der Waals surface area contributed by atoms with Crippen molar-refractivity contribution in [3.63, 3.8) is 0 Å². The summed E-state index contributed by atoms with van der Waals surface area (Å²) in [5.41, 5.74) is 0.501. The molecule has 2 aromatic rings. The third kappa shape index (κ3) is 3.11. The number of hydrogen-bond donors (Lipinski definition) is 0. The van der Waals surface area contributed by atoms with Crippen LogP contribution in [-0.2, 0) is 0 Å². The molecular formula is C14H14ClN5O3. The molecule has 9 heteroatoms. The summed E-state index contributed by atoms with van der Waals surface area (Å²) in [6.07, 6.45) is 4.60. The number of halogens is 1. The number of amides is 1. The van der Waals surface area contributed by atoms with Crippen LogP contribution in [0.5, 0.6) is 0 Å². The number of nitro benzene ring substituents is 1. The van der Waals surface area contributed by atoms with Gasteiger partial charge in [0, 0.05) is 49.7 Å². The van der Waals surface area contributed by atoms with Crippen molar-refractivity contribution in [2.75, 3.05) is 31.1 Å². The van der Waals surface area contributed by atoms with E-state index in [1.54, 1.807) is 29.4 Å². The topological polar surface area (TPSA) is 84.5 Å². The minimum atomic E-state index is -0.440. The van der Waals surface area contributed by atoms with E-state index in [1.807, 2.05) is 4.90 Å². The van der Waals surface area contributed by atoms with Crippen LogP contribution < -0.4 is 4.90 Å². The van der Waals surface area contributed by atoms with E-state index >= 15 is 0 Å². The average molecular weight is 336 g/mol. The third-order valence-corrected chi connectivity index (χ3v) is 3.99. The van der Waals surface area contributed by atoms with E-state index < -0.39 is 4.92 Å². The lowest BCUT2D eigenvalue weighted by Gasteiger charge is -2.35. The fourth-order valence-electron chi connectivity index (χ4n) is 2.58. The molecule has 1 fully saturated rings. The number of anilines is 1. The van der Waals surface area contributed by atoms with Crippen molar-refractivity contribution in [3.05, 3.63) is 52.1 Å². The number of piperazine rings is 1. The van der Waals surface area contributed by atoms with Crippen LogP contribution in [0.4, 0.5) is 16.2 Å². The molecule has 8 nitrogen and oxygen atoms in total. The van der Waals surface area contributed by atoms with Crippen LogP contribution in [0.15, 0.2) is 36.9 Å². The largest absolute Gasteiger partial charge is 0.362 e. The van der Waals surface area contributed by atoms with E-state index in [1.165, 1.54) is 17.0 Å². The van der Waals surface area contributed by atoms with Gasteiger partial charge in [0.1, 0.15) is 12.0 Å². The highest BCUT2D eigenvalue weighted by Gasteiger charge is 2.26. The van der Waals surface area contributed by atoms with Gasteiger partial charge in [-0.15, -0.1) is 0 Å². The number of rotatable bonds is 2. The zero-order valence-electron chi connectivity index (χ0n) is 12.1. The number of nitrogens with zero attached hydrogens (tertiary/aromatic N) is 5. The maximum Gasteiger partial charge on any atom is 0.329 e. The van der Waals surface area contributed by atoms with Gasteiger partial charge in [-0.25, -0.2) is 9.78 Å². The van der Waals surface area contributed by atoms with Gasteiger partial charge in [-0.05, 0) is 12.1 Å². The Morgan fingerprint density at radius 2 is 2.00 bits per heavy atom. The Kier molecular flexibility index (Phi) is 4.16. The van der Waals surface area contributed by atoms with E-state index in [9.17, 15) is 14.9 Å². The van der Waals surface area contributed by atoms with Gasteiger partial charge in [-0.3, -0.25) is 14.7 Å². The minimum absolute atomic E-state index is 0.0214. The predicted octanol–water partition coefficient (Wildman–Crippen LogP) is 2.24. The smallest absolute Gasteiger partial charge is 0.329 e. The van der Waals surface area contributed by atoms with Crippen LogP contribution in [0.2, 0.25) is 5.02 Å². The Morgan fingerprint density at radius 3 is 2.61 bits per heavy atom. The number of nitro groups is 1. The van der Waals surface area contributed by atoms with Crippen LogP contribution >= 0.6 is 11.6 Å². The molecule has 0 aliphatic carbocycles. The molecule has 0 unspecified atom stereocenters. The lowest BCUT2D eigenvalue weighted by molar-refractivity contribution is -0.384. The van der Waals surface area contributed by atoms with Crippen LogP contribution in [-0.4, -0.2) is 51.6 Å². The summed E-state index contributed by atoms with van der Waals surface area (Å²) in [5, 5.41) is 11.5. The lowest BCUT2D eigenvalue weighted by Crippen LogP contribution is -2.50. The van der Waals surface area contributed by atoms with Crippen molar-refractivity contribution < 1.29 is 9.72 Å². The first-order valence-electron chi connectivity index (χ1n) is 7.02. The normalized spacial score (nSPS) is 14.8. The second-order valence-corrected chi connectivity index (χ2v) is 5.55. The first-order valence-corrected chi connectivity index (χ1v) is 7.40. The molecule has 1 aromatic heterocycles. The highest BCUT2D eigenvalue weighted by Crippen LogP contribution is 2.31. The number of aromatic nitrogens is 2. The second kappa shape index (κ2) is 6.25. The third-order valence-electron chi connectivity index (χ3n) is 3.75. The highest BCUT2D eigenvalue weighted by atomic mass is 35.5. The lowest BCUT2D eigenvalue weighted by atomic mass is 10.2. The van der Waals surface area contributed by atoms with Gasteiger partial charge in [-0.1, -0.05) is 11.6 Å². The molecule has 3 rings (SSSR count). The molecule has 0 N–H and O–H groups in total. The van der Waals surface area contributed by atoms with Crippen LogP contribution in [0.3, 0.4) is 0 Å². The Balaban J connectivity index is 1.72. The molecule has 0 bridgehead atoms. The fourth-order valence-corrected chi connectivity index (χ4v) is 2.75. The molecule has 0 spiro atoms. The molecule has 1 aromatic carbocycles. The monoisotopic (exact) mass is 335 g/mol. The fraction of sp³-hybridized carbons (Fsp3) is 0.286. The Morgan fingerprint density at radius 1 is 1.26 bits per heavy atom. The summed E-state index contributed by atoms with van der Waals surface area (Å²) in [5.74, 6) is 0. The van der Waals surface area contributed by atoms with Crippen molar-refractivity contribution in [1.29, 1.82) is 0 Å². The minimum Gasteiger partial charge on any atom is -0.362 e. The van der Waals surface area contributed by atoms with E-state index in [4.69, 9.17) is 11.6 Å². The summed E-state index contributed by atoms with van der Waals surface area (Å²) in [6, 6.07) is 4.48. The molecule has 120 valence electrons. The molecular weight excluding hydrogens is 322 g/mol. The molecule has 23 heavy (non-hydrogen) atoms. The summed E-state index contributed by atoms with van der Waals surface area (Å²) in [7, 11) is 0. The maximum atomic E-state index is 12.2. The van der Waals surface area contributed by atoms with Gasteiger partial charge in [0.15, 0.2) is 0 Å². The molecule has 0 saturated carbocycles. The predicted molar refractivity (Wildman–Crippen MR) is 84.9 cm³/mol. The van der Waals surface area contributed by atoms with Crippen LogP contribution in [0, 0.1) is 10.1 Å². The van der Waals surface area contributed by atoms with Crippen LogP contribution in [0.1, 0.15) is 0 Å². The Hall–Kier alpha value is -2.61. The molecule has 0 radical (unpaired) electrons.